The van der Waals surface area contributed by atoms with Gasteiger partial charge in [-0.1, -0.05) is 30.2 Å². The van der Waals surface area contributed by atoms with E-state index in [1.54, 1.807) is 6.21 Å². The second kappa shape index (κ2) is 28.4. The fraction of sp³-hybridized carbons (Fsp3) is 0.767. The fourth-order valence-corrected chi connectivity index (χ4v) is 5.39. The van der Waals surface area contributed by atoms with Crippen LogP contribution in [0.1, 0.15) is 0 Å². The van der Waals surface area contributed by atoms with Gasteiger partial charge >= 0.3 is 33.0 Å². The zero-order chi connectivity index (χ0) is 38.4. The van der Waals surface area contributed by atoms with Crippen molar-refractivity contribution in [2.24, 2.45) is 70.0 Å². The molecule has 6 atom stereocenters. The number of hydrogen-bond acceptors (Lipinski definition) is 12. The van der Waals surface area contributed by atoms with Gasteiger partial charge in [0, 0.05) is 6.54 Å². The van der Waals surface area contributed by atoms with Gasteiger partial charge in [-0.3, -0.25) is 0 Å². The van der Waals surface area contributed by atoms with Crippen LogP contribution in [0, 0.1) is 0 Å². The van der Waals surface area contributed by atoms with E-state index in [0.29, 0.717) is 80.8 Å². The van der Waals surface area contributed by atoms with Gasteiger partial charge in [-0.25, -0.2) is 0 Å². The third-order valence-corrected chi connectivity index (χ3v) is 8.53. The van der Waals surface area contributed by atoms with Crippen molar-refractivity contribution in [2.75, 3.05) is 111 Å². The van der Waals surface area contributed by atoms with Crippen LogP contribution in [-0.2, 0) is 33.0 Å². The van der Waals surface area contributed by atoms with Gasteiger partial charge in [0.05, 0.1) is 0 Å². The first-order chi connectivity index (χ1) is 26.3. The zero-order valence-corrected chi connectivity index (χ0v) is 33.4. The molecule has 24 nitrogen and oxygen atoms in total. The van der Waals surface area contributed by atoms with Gasteiger partial charge in [-0.05, 0) is 77.7 Å². The summed E-state index contributed by atoms with van der Waals surface area (Å²) < 4.78 is 0. The summed E-state index contributed by atoms with van der Waals surface area (Å²) in [7, 11) is 0. The molecule has 6 rings (SSSR count). The Morgan fingerprint density at radius 3 is 0.893 bits per heavy atom. The molecule has 0 aromatic heterocycles. The van der Waals surface area contributed by atoms with Crippen molar-refractivity contribution in [3.63, 3.8) is 0 Å². The first-order valence-corrected chi connectivity index (χ1v) is 18.3. The maximum Gasteiger partial charge on any atom is 2.00 e. The molecule has 0 aromatic rings. The molecular weight excluding hydrogens is 814 g/mol. The number of aliphatic imine (C=N–C) groups is 1. The van der Waals surface area contributed by atoms with Gasteiger partial charge in [-0.2, -0.15) is 0 Å². The van der Waals surface area contributed by atoms with Crippen molar-refractivity contribution in [1.82, 2.24) is 26.6 Å². The van der Waals surface area contributed by atoms with Crippen LogP contribution < -0.4 is 61.0 Å². The number of nitrogens with zero attached hydrogens (tertiary/aromatic N) is 13. The molecule has 320 valence electrons. The maximum absolute atomic E-state index is 5.83. The quantitative estimate of drug-likeness (QED) is 0.0453. The Morgan fingerprint density at radius 2 is 0.679 bits per heavy atom. The van der Waals surface area contributed by atoms with Gasteiger partial charge in [0.1, 0.15) is 35.0 Å². The van der Waals surface area contributed by atoms with E-state index in [9.17, 15) is 0 Å². The predicted molar refractivity (Wildman–Crippen MR) is 220 cm³/mol. The predicted octanol–water partition coefficient (Wildman–Crippen LogP) is -4.60. The van der Waals surface area contributed by atoms with Crippen molar-refractivity contribution in [3.05, 3.63) is 31.9 Å². The average Bonchev–Trinajstić information content (AvgIpc) is 3.25. The monoisotopic (exact) mass is 870 g/mol. The normalized spacial score (nSPS) is 29.9. The van der Waals surface area contributed by atoms with Gasteiger partial charge in [-0.15, -0.1) is 69.9 Å². The van der Waals surface area contributed by atoms with Crippen LogP contribution in [0.2, 0.25) is 0 Å². The van der Waals surface area contributed by atoms with E-state index in [4.69, 9.17) is 34.4 Å². The van der Waals surface area contributed by atoms with Crippen LogP contribution in [0.25, 0.3) is 31.9 Å². The van der Waals surface area contributed by atoms with E-state index in [-0.39, 0.29) is 69.2 Å². The Morgan fingerprint density at radius 1 is 0.411 bits per heavy atom. The van der Waals surface area contributed by atoms with E-state index in [2.05, 4.69) is 94.1 Å². The summed E-state index contributed by atoms with van der Waals surface area (Å²) in [5.74, 6) is 2.27. The van der Waals surface area contributed by atoms with Crippen LogP contribution in [-0.4, -0.2) is 189 Å². The summed E-state index contributed by atoms with van der Waals surface area (Å²) in [5, 5.41) is 65.7. The Bertz CT molecular complexity index is 1180. The van der Waals surface area contributed by atoms with Crippen molar-refractivity contribution >= 4 is 41.2 Å². The van der Waals surface area contributed by atoms with Gasteiger partial charge in [0.2, 0.25) is 0 Å². The number of rotatable bonds is 9. The van der Waals surface area contributed by atoms with Gasteiger partial charge in [0.25, 0.3) is 0 Å². The topological polar surface area (TPSA) is 387 Å². The molecule has 6 unspecified atom stereocenters. The minimum absolute atomic E-state index is 0. The molecule has 5 saturated heterocycles. The number of piperazine rings is 5. The fourth-order valence-electron chi connectivity index (χ4n) is 5.39. The molecule has 56 heavy (non-hydrogen) atoms. The molecule has 5 fully saturated rings. The van der Waals surface area contributed by atoms with Crippen LogP contribution >= 0.6 is 0 Å². The Balaban J connectivity index is 0.000000285. The molecule has 26 heteroatoms. The third-order valence-electron chi connectivity index (χ3n) is 8.53. The molecule has 6 aliphatic rings. The van der Waals surface area contributed by atoms with E-state index in [1.807, 2.05) is 0 Å². The molecule has 0 radical (unpaired) electrons. The molecule has 17 N–H and O–H groups in total. The van der Waals surface area contributed by atoms with Crippen LogP contribution in [0.15, 0.2) is 35.6 Å². The summed E-state index contributed by atoms with van der Waals surface area (Å²) >= 11 is 0. The number of nitrogens with two attached hydrogens (primary N) is 6. The van der Waals surface area contributed by atoms with E-state index in [1.165, 1.54) is 0 Å². The first kappa shape index (κ1) is 49.2. The molecule has 0 amide bonds. The van der Waals surface area contributed by atoms with Crippen LogP contribution in [0.5, 0.6) is 0 Å². The molecule has 0 aliphatic carbocycles. The molecule has 6 aliphatic heterocycles. The molecule has 0 saturated carbocycles. The second-order valence-corrected chi connectivity index (χ2v) is 12.7. The SMILES string of the molecule is NC(=NN=C(N)C1CNCC[N-]1)C1C=NCC[N-]1.NC(=NN=C(N)C1CNCC[N-]1)C1CNCC[N-]1.NC(=NN=C(N)C1CNCC[N-]1)C1CNCC[N-]1.[Ni+2].[Ni+2]. The standard InChI is InChI=1S/2C10H20N8.C10H18N8.2Ni/c3*11-9(7-5-13-1-3-15-7)17-18-10(12)8-6-14-2-4-16-8;;/h2*7-8,13-14H,1-6H2,(H2,11,17)(H2,12,18);5,7-8,14H,1-4,6H2,(H2,11,17)(H2,12,18);;/q3*-2;2*+2. The van der Waals surface area contributed by atoms with E-state index >= 15 is 0 Å². The van der Waals surface area contributed by atoms with Gasteiger partial charge < -0.3 is 97.9 Å². The van der Waals surface area contributed by atoms with Crippen molar-refractivity contribution in [3.8, 4) is 0 Å². The summed E-state index contributed by atoms with van der Waals surface area (Å²) in [5.41, 5.74) is 34.9. The third kappa shape index (κ3) is 18.1. The average molecular weight is 872 g/mol. The summed E-state index contributed by atoms with van der Waals surface area (Å²) in [4.78, 5) is 4.11. The minimum atomic E-state index is -0.281. The molecule has 6 heterocycles. The zero-order valence-electron chi connectivity index (χ0n) is 31.5. The molecule has 0 bridgehead atoms. The molecule has 0 spiro atoms. The molecule has 0 aromatic carbocycles. The molecular formula is C30H58N24Ni2-2. The second-order valence-electron chi connectivity index (χ2n) is 12.7. The summed E-state index contributed by atoms with van der Waals surface area (Å²) in [6, 6.07) is -0.800. The van der Waals surface area contributed by atoms with Crippen molar-refractivity contribution < 1.29 is 33.0 Å². The summed E-state index contributed by atoms with van der Waals surface area (Å²) in [6.07, 6.45) is 1.68. The Labute approximate surface area is 349 Å². The van der Waals surface area contributed by atoms with Crippen LogP contribution in [0.4, 0.5) is 0 Å². The maximum atomic E-state index is 5.83. The van der Waals surface area contributed by atoms with Crippen molar-refractivity contribution in [1.29, 1.82) is 0 Å². The number of hydrogen-bond donors (Lipinski definition) is 11. The first-order valence-electron chi connectivity index (χ1n) is 18.3. The minimum Gasteiger partial charge on any atom is -0.651 e. The number of nitrogens with one attached hydrogen (secondary N) is 5. The Hall–Kier alpha value is -2.96. The number of amidine groups is 6. The largest absolute Gasteiger partial charge is 2.00 e. The Kier molecular flexibility index (Phi) is 25.0. The van der Waals surface area contributed by atoms with Gasteiger partial charge in [0.15, 0.2) is 0 Å². The smallest absolute Gasteiger partial charge is 0.651 e. The van der Waals surface area contributed by atoms with Crippen molar-refractivity contribution in [2.45, 2.75) is 36.3 Å². The van der Waals surface area contributed by atoms with E-state index in [0.717, 1.165) is 65.4 Å². The van der Waals surface area contributed by atoms with Crippen LogP contribution in [0.3, 0.4) is 0 Å². The summed E-state index contributed by atoms with van der Waals surface area (Å²) in [6.45, 7) is 13.1. The van der Waals surface area contributed by atoms with E-state index < -0.39 is 0 Å².